The van der Waals surface area contributed by atoms with Crippen LogP contribution in [0.3, 0.4) is 0 Å². The van der Waals surface area contributed by atoms with Crippen molar-refractivity contribution in [3.05, 3.63) is 11.7 Å². The molecule has 0 aliphatic carbocycles. The fourth-order valence-corrected chi connectivity index (χ4v) is 1.72. The molecule has 1 fully saturated rings. The Labute approximate surface area is 87.4 Å². The summed E-state index contributed by atoms with van der Waals surface area (Å²) in [6.45, 7) is 2.96. The number of hydrogen-bond donors (Lipinski definition) is 1. The van der Waals surface area contributed by atoms with Crippen LogP contribution in [0.1, 0.15) is 29.4 Å². The van der Waals surface area contributed by atoms with Gasteiger partial charge in [-0.15, -0.1) is 0 Å². The van der Waals surface area contributed by atoms with E-state index in [0.717, 1.165) is 19.4 Å². The summed E-state index contributed by atoms with van der Waals surface area (Å²) in [5.74, 6) is 0.336. The average Bonchev–Trinajstić information content (AvgIpc) is 2.64. The van der Waals surface area contributed by atoms with Crippen molar-refractivity contribution in [1.29, 1.82) is 0 Å². The SMILES string of the molecule is Cc1nc(C(=O)N2CCC[C@@H](N)C2)no1. The zero-order valence-corrected chi connectivity index (χ0v) is 8.64. The van der Waals surface area contributed by atoms with Gasteiger partial charge in [0, 0.05) is 26.1 Å². The van der Waals surface area contributed by atoms with Crippen molar-refractivity contribution in [3.63, 3.8) is 0 Å². The van der Waals surface area contributed by atoms with E-state index in [4.69, 9.17) is 10.3 Å². The van der Waals surface area contributed by atoms with Gasteiger partial charge in [0.05, 0.1) is 0 Å². The monoisotopic (exact) mass is 210 g/mol. The minimum Gasteiger partial charge on any atom is -0.339 e. The van der Waals surface area contributed by atoms with Crippen LogP contribution in [0.25, 0.3) is 0 Å². The minimum absolute atomic E-state index is 0.0655. The predicted octanol–water partition coefficient (Wildman–Crippen LogP) is -0.0587. The van der Waals surface area contributed by atoms with E-state index < -0.39 is 0 Å². The van der Waals surface area contributed by atoms with Gasteiger partial charge in [-0.3, -0.25) is 4.79 Å². The van der Waals surface area contributed by atoms with E-state index >= 15 is 0 Å². The van der Waals surface area contributed by atoms with Gasteiger partial charge in [0.15, 0.2) is 0 Å². The minimum atomic E-state index is -0.193. The zero-order chi connectivity index (χ0) is 10.8. The smallest absolute Gasteiger partial charge is 0.295 e. The standard InChI is InChI=1S/C9H14N4O2/c1-6-11-8(12-15-6)9(14)13-4-2-3-7(10)5-13/h7H,2-5,10H2,1H3/t7-/m1/s1. The summed E-state index contributed by atoms with van der Waals surface area (Å²) < 4.78 is 4.76. The van der Waals surface area contributed by atoms with Crippen molar-refractivity contribution in [2.24, 2.45) is 5.73 Å². The molecule has 82 valence electrons. The summed E-state index contributed by atoms with van der Waals surface area (Å²) in [6.07, 6.45) is 1.90. The Balaban J connectivity index is 2.07. The van der Waals surface area contributed by atoms with Crippen molar-refractivity contribution < 1.29 is 9.32 Å². The lowest BCUT2D eigenvalue weighted by atomic mass is 10.1. The number of amides is 1. The maximum atomic E-state index is 11.8. The van der Waals surface area contributed by atoms with Crippen LogP contribution in [-0.4, -0.2) is 40.1 Å². The van der Waals surface area contributed by atoms with Gasteiger partial charge in [0.1, 0.15) is 0 Å². The van der Waals surface area contributed by atoms with Crippen molar-refractivity contribution in [2.75, 3.05) is 13.1 Å². The van der Waals surface area contributed by atoms with Crippen LogP contribution >= 0.6 is 0 Å². The molecule has 0 unspecified atom stereocenters. The van der Waals surface area contributed by atoms with Crippen molar-refractivity contribution in [1.82, 2.24) is 15.0 Å². The third-order valence-corrected chi connectivity index (χ3v) is 2.46. The first-order valence-electron chi connectivity index (χ1n) is 5.02. The average molecular weight is 210 g/mol. The Morgan fingerprint density at radius 2 is 2.47 bits per heavy atom. The number of hydrogen-bond acceptors (Lipinski definition) is 5. The second-order valence-electron chi connectivity index (χ2n) is 3.79. The Bertz CT molecular complexity index is 363. The van der Waals surface area contributed by atoms with Gasteiger partial charge < -0.3 is 15.2 Å². The van der Waals surface area contributed by atoms with Crippen LogP contribution in [0.2, 0.25) is 0 Å². The lowest BCUT2D eigenvalue weighted by Crippen LogP contribution is -2.46. The van der Waals surface area contributed by atoms with E-state index in [1.54, 1.807) is 11.8 Å². The van der Waals surface area contributed by atoms with Gasteiger partial charge in [-0.2, -0.15) is 4.98 Å². The van der Waals surface area contributed by atoms with E-state index in [2.05, 4.69) is 10.1 Å². The van der Waals surface area contributed by atoms with E-state index in [9.17, 15) is 4.79 Å². The molecule has 2 rings (SSSR count). The molecule has 1 aromatic rings. The normalized spacial score (nSPS) is 21.7. The number of piperidine rings is 1. The first-order chi connectivity index (χ1) is 7.16. The maximum Gasteiger partial charge on any atom is 0.295 e. The first kappa shape index (κ1) is 10.1. The topological polar surface area (TPSA) is 85.2 Å². The van der Waals surface area contributed by atoms with Crippen molar-refractivity contribution in [2.45, 2.75) is 25.8 Å². The summed E-state index contributed by atoms with van der Waals surface area (Å²) in [6, 6.07) is 0.0655. The fourth-order valence-electron chi connectivity index (χ4n) is 1.72. The van der Waals surface area contributed by atoms with Gasteiger partial charge in [-0.05, 0) is 12.8 Å². The Kier molecular flexibility index (Phi) is 2.68. The number of nitrogens with zero attached hydrogens (tertiary/aromatic N) is 3. The first-order valence-corrected chi connectivity index (χ1v) is 5.02. The predicted molar refractivity (Wildman–Crippen MR) is 52.1 cm³/mol. The largest absolute Gasteiger partial charge is 0.339 e. The highest BCUT2D eigenvalue weighted by molar-refractivity contribution is 5.90. The molecule has 1 aliphatic heterocycles. The number of nitrogens with two attached hydrogens (primary N) is 1. The Hall–Kier alpha value is -1.43. The molecule has 0 spiro atoms. The van der Waals surface area contributed by atoms with Crippen LogP contribution in [-0.2, 0) is 0 Å². The maximum absolute atomic E-state index is 11.8. The number of aromatic nitrogens is 2. The number of carbonyl (C=O) groups excluding carboxylic acids is 1. The van der Waals surface area contributed by atoms with E-state index in [1.165, 1.54) is 0 Å². The van der Waals surface area contributed by atoms with E-state index in [0.29, 0.717) is 12.4 Å². The molecule has 0 radical (unpaired) electrons. The van der Waals surface area contributed by atoms with Crippen LogP contribution in [0.5, 0.6) is 0 Å². The number of likely N-dealkylation sites (tertiary alicyclic amines) is 1. The van der Waals surface area contributed by atoms with Gasteiger partial charge in [0.2, 0.25) is 5.89 Å². The molecule has 6 heteroatoms. The molecule has 0 bridgehead atoms. The molecule has 15 heavy (non-hydrogen) atoms. The van der Waals surface area contributed by atoms with Crippen molar-refractivity contribution in [3.8, 4) is 0 Å². The van der Waals surface area contributed by atoms with Crippen LogP contribution in [0, 0.1) is 6.92 Å². The lowest BCUT2D eigenvalue weighted by Gasteiger charge is -2.29. The van der Waals surface area contributed by atoms with Gasteiger partial charge >= 0.3 is 0 Å². The summed E-state index contributed by atoms with van der Waals surface area (Å²) in [5, 5.41) is 3.60. The molecule has 0 aromatic carbocycles. The molecule has 0 saturated carbocycles. The third-order valence-electron chi connectivity index (χ3n) is 2.46. The van der Waals surface area contributed by atoms with Crippen LogP contribution in [0.15, 0.2) is 4.52 Å². The summed E-state index contributed by atoms with van der Waals surface area (Å²) >= 11 is 0. The number of rotatable bonds is 1. The highest BCUT2D eigenvalue weighted by Crippen LogP contribution is 2.11. The fraction of sp³-hybridized carbons (Fsp3) is 0.667. The number of carbonyl (C=O) groups is 1. The second-order valence-corrected chi connectivity index (χ2v) is 3.79. The van der Waals surface area contributed by atoms with Gasteiger partial charge in [0.25, 0.3) is 11.7 Å². The molecule has 6 nitrogen and oxygen atoms in total. The summed E-state index contributed by atoms with van der Waals surface area (Å²) in [5.41, 5.74) is 5.79. The van der Waals surface area contributed by atoms with Gasteiger partial charge in [-0.1, -0.05) is 5.16 Å². The van der Waals surface area contributed by atoms with Crippen molar-refractivity contribution >= 4 is 5.91 Å². The molecule has 2 N–H and O–H groups in total. The molecule has 1 atom stereocenters. The van der Waals surface area contributed by atoms with Crippen LogP contribution < -0.4 is 5.73 Å². The molecule has 1 aromatic heterocycles. The Morgan fingerprint density at radius 1 is 1.67 bits per heavy atom. The summed E-state index contributed by atoms with van der Waals surface area (Å²) in [4.78, 5) is 17.4. The molecular formula is C9H14N4O2. The molecular weight excluding hydrogens is 196 g/mol. The lowest BCUT2D eigenvalue weighted by molar-refractivity contribution is 0.0693. The van der Waals surface area contributed by atoms with E-state index in [-0.39, 0.29) is 17.8 Å². The molecule has 2 heterocycles. The molecule has 1 aliphatic rings. The molecule has 1 amide bonds. The second kappa shape index (κ2) is 3.98. The highest BCUT2D eigenvalue weighted by Gasteiger charge is 2.25. The third kappa shape index (κ3) is 2.15. The number of aryl methyl sites for hydroxylation is 1. The quantitative estimate of drug-likeness (QED) is 0.702. The highest BCUT2D eigenvalue weighted by atomic mass is 16.5. The zero-order valence-electron chi connectivity index (χ0n) is 8.64. The van der Waals surface area contributed by atoms with E-state index in [1.807, 2.05) is 0 Å². The van der Waals surface area contributed by atoms with Crippen LogP contribution in [0.4, 0.5) is 0 Å². The van der Waals surface area contributed by atoms with Gasteiger partial charge in [-0.25, -0.2) is 0 Å². The Morgan fingerprint density at radius 3 is 3.07 bits per heavy atom. The summed E-state index contributed by atoms with van der Waals surface area (Å²) in [7, 11) is 0. The molecule has 1 saturated heterocycles.